The lowest BCUT2D eigenvalue weighted by Gasteiger charge is -2.37. The first-order chi connectivity index (χ1) is 13.5. The summed E-state index contributed by atoms with van der Waals surface area (Å²) in [5, 5.41) is 3.81. The molecule has 150 valence electrons. The molecule has 5 nitrogen and oxygen atoms in total. The normalized spacial score (nSPS) is 16.5. The number of benzene rings is 2. The molecule has 0 radical (unpaired) electrons. The van der Waals surface area contributed by atoms with E-state index in [1.165, 1.54) is 5.56 Å². The van der Waals surface area contributed by atoms with E-state index in [1.807, 2.05) is 43.3 Å². The summed E-state index contributed by atoms with van der Waals surface area (Å²) in [7, 11) is 1.65. The van der Waals surface area contributed by atoms with Crippen molar-refractivity contribution in [2.45, 2.75) is 26.1 Å². The van der Waals surface area contributed by atoms with Crippen LogP contribution in [0.15, 0.2) is 48.5 Å². The Kier molecular flexibility index (Phi) is 7.31. The van der Waals surface area contributed by atoms with E-state index in [9.17, 15) is 4.79 Å². The van der Waals surface area contributed by atoms with Gasteiger partial charge in [0.25, 0.3) is 0 Å². The number of piperazine rings is 1. The maximum atomic E-state index is 12.5. The highest BCUT2D eigenvalue weighted by Gasteiger charge is 2.25. The molecule has 1 saturated heterocycles. The number of nitrogens with zero attached hydrogens (tertiary/aromatic N) is 2. The summed E-state index contributed by atoms with van der Waals surface area (Å²) in [6.45, 7) is 7.14. The summed E-state index contributed by atoms with van der Waals surface area (Å²) < 4.78 is 5.16. The molecule has 0 aromatic heterocycles. The van der Waals surface area contributed by atoms with Gasteiger partial charge in [-0.3, -0.25) is 14.6 Å². The number of methoxy groups -OCH3 is 1. The van der Waals surface area contributed by atoms with Gasteiger partial charge in [0.05, 0.1) is 13.2 Å². The van der Waals surface area contributed by atoms with Crippen LogP contribution in [0.3, 0.4) is 0 Å². The van der Waals surface area contributed by atoms with Gasteiger partial charge in [0.2, 0.25) is 5.91 Å². The molecule has 28 heavy (non-hydrogen) atoms. The molecule has 3 rings (SSSR count). The number of hydrogen-bond acceptors (Lipinski definition) is 4. The molecule has 2 aromatic rings. The summed E-state index contributed by atoms with van der Waals surface area (Å²) in [6, 6.07) is 15.6. The van der Waals surface area contributed by atoms with E-state index in [4.69, 9.17) is 16.3 Å². The summed E-state index contributed by atoms with van der Waals surface area (Å²) in [6.07, 6.45) is 0. The van der Waals surface area contributed by atoms with Gasteiger partial charge in [0.1, 0.15) is 5.75 Å². The molecule has 1 atom stereocenters. The quantitative estimate of drug-likeness (QED) is 0.774. The number of rotatable bonds is 7. The van der Waals surface area contributed by atoms with Crippen LogP contribution in [0.2, 0.25) is 5.02 Å². The van der Waals surface area contributed by atoms with Crippen LogP contribution in [0.1, 0.15) is 18.1 Å². The molecule has 1 aliphatic rings. The number of amides is 1. The largest absolute Gasteiger partial charge is 0.497 e. The van der Waals surface area contributed by atoms with E-state index in [2.05, 4.69) is 27.2 Å². The van der Waals surface area contributed by atoms with Gasteiger partial charge in [-0.1, -0.05) is 35.9 Å². The first-order valence-corrected chi connectivity index (χ1v) is 10.0. The smallest absolute Gasteiger partial charge is 0.237 e. The van der Waals surface area contributed by atoms with Crippen molar-refractivity contribution in [1.29, 1.82) is 0 Å². The monoisotopic (exact) mass is 401 g/mol. The molecule has 0 unspecified atom stereocenters. The minimum absolute atomic E-state index is 0.0713. The second-order valence-corrected chi connectivity index (χ2v) is 7.62. The number of halogens is 1. The van der Waals surface area contributed by atoms with E-state index in [1.54, 1.807) is 7.11 Å². The molecule has 1 aliphatic heterocycles. The summed E-state index contributed by atoms with van der Waals surface area (Å²) in [4.78, 5) is 17.2. The fraction of sp³-hybridized carbons (Fsp3) is 0.409. The van der Waals surface area contributed by atoms with Gasteiger partial charge in [-0.05, 0) is 42.3 Å². The number of carbonyl (C=O) groups is 1. The van der Waals surface area contributed by atoms with Crippen molar-refractivity contribution in [3.8, 4) is 5.75 Å². The zero-order chi connectivity index (χ0) is 19.9. The molecule has 0 aliphatic carbocycles. The van der Waals surface area contributed by atoms with Crippen molar-refractivity contribution < 1.29 is 9.53 Å². The van der Waals surface area contributed by atoms with E-state index in [0.717, 1.165) is 49.1 Å². The molecule has 1 amide bonds. The molecule has 0 bridgehead atoms. The Morgan fingerprint density at radius 2 is 1.64 bits per heavy atom. The Morgan fingerprint density at radius 1 is 1.04 bits per heavy atom. The lowest BCUT2D eigenvalue weighted by atomic mass is 10.1. The van der Waals surface area contributed by atoms with Gasteiger partial charge >= 0.3 is 0 Å². The molecular formula is C22H28ClN3O2. The topological polar surface area (TPSA) is 44.8 Å². The third kappa shape index (κ3) is 5.71. The fourth-order valence-electron chi connectivity index (χ4n) is 3.40. The first kappa shape index (κ1) is 20.6. The van der Waals surface area contributed by atoms with E-state index >= 15 is 0 Å². The lowest BCUT2D eigenvalue weighted by molar-refractivity contribution is -0.126. The Labute approximate surface area is 172 Å². The molecule has 2 aromatic carbocycles. The van der Waals surface area contributed by atoms with Gasteiger partial charge < -0.3 is 10.1 Å². The van der Waals surface area contributed by atoms with Crippen LogP contribution >= 0.6 is 11.6 Å². The molecular weight excluding hydrogens is 374 g/mol. The maximum absolute atomic E-state index is 12.5. The Morgan fingerprint density at radius 3 is 2.25 bits per heavy atom. The number of carbonyl (C=O) groups excluding carboxylic acids is 1. The van der Waals surface area contributed by atoms with Crippen LogP contribution in [0.25, 0.3) is 0 Å². The summed E-state index contributed by atoms with van der Waals surface area (Å²) in [5.74, 6) is 0.891. The van der Waals surface area contributed by atoms with Crippen molar-refractivity contribution in [3.05, 3.63) is 64.7 Å². The maximum Gasteiger partial charge on any atom is 0.237 e. The highest BCUT2D eigenvalue weighted by Crippen LogP contribution is 2.14. The minimum atomic E-state index is -0.129. The highest BCUT2D eigenvalue weighted by molar-refractivity contribution is 6.30. The van der Waals surface area contributed by atoms with E-state index in [0.29, 0.717) is 6.54 Å². The van der Waals surface area contributed by atoms with E-state index in [-0.39, 0.29) is 11.9 Å². The Bertz CT molecular complexity index is 756. The van der Waals surface area contributed by atoms with Gasteiger partial charge in [-0.15, -0.1) is 0 Å². The van der Waals surface area contributed by atoms with Crippen LogP contribution in [0, 0.1) is 0 Å². The van der Waals surface area contributed by atoms with Crippen molar-refractivity contribution in [3.63, 3.8) is 0 Å². The minimum Gasteiger partial charge on any atom is -0.497 e. The molecule has 0 spiro atoms. The molecule has 1 N–H and O–H groups in total. The summed E-state index contributed by atoms with van der Waals surface area (Å²) >= 11 is 5.95. The standard InChI is InChI=1S/C22H28ClN3O2/c1-17(22(27)24-15-18-5-9-21(28-2)10-6-18)26-13-11-25(12-14-26)16-19-3-7-20(23)8-4-19/h3-10,17H,11-16H2,1-2H3,(H,24,27)/t17-/m1/s1. The van der Waals surface area contributed by atoms with Crippen molar-refractivity contribution in [2.75, 3.05) is 33.3 Å². The van der Waals surface area contributed by atoms with E-state index < -0.39 is 0 Å². The predicted molar refractivity (Wildman–Crippen MR) is 113 cm³/mol. The SMILES string of the molecule is COc1ccc(CNC(=O)[C@@H](C)N2CCN(Cc3ccc(Cl)cc3)CC2)cc1. The summed E-state index contributed by atoms with van der Waals surface area (Å²) in [5.41, 5.74) is 2.33. The van der Waals surface area contributed by atoms with Gasteiger partial charge in [-0.2, -0.15) is 0 Å². The average Bonchev–Trinajstić information content (AvgIpc) is 2.74. The Hall–Kier alpha value is -2.08. The van der Waals surface area contributed by atoms with Crippen LogP contribution in [-0.2, 0) is 17.9 Å². The number of ether oxygens (including phenoxy) is 1. The second kappa shape index (κ2) is 9.92. The first-order valence-electron chi connectivity index (χ1n) is 9.66. The number of hydrogen-bond donors (Lipinski definition) is 1. The lowest BCUT2D eigenvalue weighted by Crippen LogP contribution is -2.53. The van der Waals surface area contributed by atoms with Crippen molar-refractivity contribution in [2.24, 2.45) is 0 Å². The van der Waals surface area contributed by atoms with Crippen LogP contribution < -0.4 is 10.1 Å². The predicted octanol–water partition coefficient (Wildman–Crippen LogP) is 3.17. The average molecular weight is 402 g/mol. The van der Waals surface area contributed by atoms with Gasteiger partial charge in [0.15, 0.2) is 0 Å². The van der Waals surface area contributed by atoms with Gasteiger partial charge in [0, 0.05) is 44.3 Å². The van der Waals surface area contributed by atoms with Crippen molar-refractivity contribution in [1.82, 2.24) is 15.1 Å². The molecule has 6 heteroatoms. The van der Waals surface area contributed by atoms with Crippen LogP contribution in [-0.4, -0.2) is 55.0 Å². The highest BCUT2D eigenvalue weighted by atomic mass is 35.5. The second-order valence-electron chi connectivity index (χ2n) is 7.18. The third-order valence-corrected chi connectivity index (χ3v) is 5.53. The fourth-order valence-corrected chi connectivity index (χ4v) is 3.53. The zero-order valence-electron chi connectivity index (χ0n) is 16.5. The molecule has 0 saturated carbocycles. The zero-order valence-corrected chi connectivity index (χ0v) is 17.3. The molecule has 1 heterocycles. The van der Waals surface area contributed by atoms with Crippen molar-refractivity contribution >= 4 is 17.5 Å². The number of nitrogens with one attached hydrogen (secondary N) is 1. The third-order valence-electron chi connectivity index (χ3n) is 5.28. The van der Waals surface area contributed by atoms with Crippen LogP contribution in [0.5, 0.6) is 5.75 Å². The van der Waals surface area contributed by atoms with Gasteiger partial charge in [-0.25, -0.2) is 0 Å². The Balaban J connectivity index is 1.42. The molecule has 1 fully saturated rings. The van der Waals surface area contributed by atoms with Crippen LogP contribution in [0.4, 0.5) is 0 Å².